The molecule has 2 heterocycles. The van der Waals surface area contributed by atoms with E-state index in [0.717, 1.165) is 49.7 Å². The largest absolute Gasteiger partial charge is 0.392 e. The normalized spacial score (nSPS) is 17.5. The Hall–Kier alpha value is -1.40. The molecule has 1 aromatic rings. The van der Waals surface area contributed by atoms with Gasteiger partial charge < -0.3 is 10.0 Å². The van der Waals surface area contributed by atoms with Crippen LogP contribution >= 0.6 is 0 Å². The number of nitrogens with zero attached hydrogens (tertiary/aromatic N) is 4. The van der Waals surface area contributed by atoms with Crippen molar-refractivity contribution in [3.63, 3.8) is 0 Å². The molecule has 1 atom stereocenters. The number of hydrogen-bond acceptors (Lipinski definition) is 4. The van der Waals surface area contributed by atoms with Gasteiger partial charge in [0.1, 0.15) is 0 Å². The third-order valence-corrected chi connectivity index (χ3v) is 4.64. The van der Waals surface area contributed by atoms with Crippen molar-refractivity contribution in [3.05, 3.63) is 17.0 Å². The number of β-amino-alcohol motifs (C(OH)–C–C–N with tert-alkyl or cyclic N) is 1. The number of aliphatic hydroxyl groups excluding tert-OH is 1. The molecule has 1 fully saturated rings. The van der Waals surface area contributed by atoms with Gasteiger partial charge in [0, 0.05) is 50.5 Å². The zero-order valence-electron chi connectivity index (χ0n) is 15.7. The number of piperazine rings is 1. The van der Waals surface area contributed by atoms with Crippen LogP contribution in [-0.4, -0.2) is 69.4 Å². The summed E-state index contributed by atoms with van der Waals surface area (Å²) in [4.78, 5) is 16.8. The lowest BCUT2D eigenvalue weighted by atomic mass is 10.1. The molecule has 1 amide bonds. The van der Waals surface area contributed by atoms with Crippen molar-refractivity contribution in [1.82, 2.24) is 19.6 Å². The van der Waals surface area contributed by atoms with E-state index in [1.54, 1.807) is 6.92 Å². The summed E-state index contributed by atoms with van der Waals surface area (Å²) in [6.07, 6.45) is 0.121. The van der Waals surface area contributed by atoms with E-state index in [9.17, 15) is 9.90 Å². The molecule has 6 heteroatoms. The van der Waals surface area contributed by atoms with Crippen LogP contribution in [0.25, 0.3) is 0 Å². The van der Waals surface area contributed by atoms with Gasteiger partial charge >= 0.3 is 0 Å². The lowest BCUT2D eigenvalue weighted by Crippen LogP contribution is -2.50. The molecule has 0 saturated carbocycles. The fourth-order valence-electron chi connectivity index (χ4n) is 3.33. The van der Waals surface area contributed by atoms with Gasteiger partial charge in [0.05, 0.1) is 18.2 Å². The number of aromatic nitrogens is 2. The SMILES string of the molecule is Cc1nn(CC(C)C)c(C)c1CC(=O)N1CCN(C[C@H](C)O)CC1. The first-order valence-corrected chi connectivity index (χ1v) is 8.99. The first-order chi connectivity index (χ1) is 11.3. The van der Waals surface area contributed by atoms with Crippen LogP contribution in [0, 0.1) is 19.8 Å². The molecular weight excluding hydrogens is 304 g/mol. The Bertz CT molecular complexity index is 558. The van der Waals surface area contributed by atoms with Gasteiger partial charge in [-0.25, -0.2) is 0 Å². The third kappa shape index (κ3) is 4.80. The van der Waals surface area contributed by atoms with Crippen molar-refractivity contribution in [2.24, 2.45) is 5.92 Å². The Morgan fingerprint density at radius 1 is 1.12 bits per heavy atom. The Labute approximate surface area is 145 Å². The molecule has 1 N–H and O–H groups in total. The van der Waals surface area contributed by atoms with E-state index >= 15 is 0 Å². The highest BCUT2D eigenvalue weighted by Gasteiger charge is 2.24. The van der Waals surface area contributed by atoms with Crippen molar-refractivity contribution in [1.29, 1.82) is 0 Å². The predicted octanol–water partition coefficient (Wildman–Crippen LogP) is 1.22. The third-order valence-electron chi connectivity index (χ3n) is 4.64. The highest BCUT2D eigenvalue weighted by Crippen LogP contribution is 2.17. The maximum absolute atomic E-state index is 12.7. The van der Waals surface area contributed by atoms with Crippen LogP contribution < -0.4 is 0 Å². The van der Waals surface area contributed by atoms with Crippen LogP contribution in [-0.2, 0) is 17.8 Å². The lowest BCUT2D eigenvalue weighted by Gasteiger charge is -2.35. The van der Waals surface area contributed by atoms with Gasteiger partial charge in [0.25, 0.3) is 0 Å². The molecule has 6 nitrogen and oxygen atoms in total. The van der Waals surface area contributed by atoms with Gasteiger partial charge in [-0.05, 0) is 26.7 Å². The second-order valence-electron chi connectivity index (χ2n) is 7.43. The molecule has 136 valence electrons. The Morgan fingerprint density at radius 3 is 2.29 bits per heavy atom. The minimum absolute atomic E-state index is 0.182. The van der Waals surface area contributed by atoms with E-state index in [1.807, 2.05) is 16.5 Å². The molecule has 24 heavy (non-hydrogen) atoms. The molecule has 0 spiro atoms. The summed E-state index contributed by atoms with van der Waals surface area (Å²) >= 11 is 0. The summed E-state index contributed by atoms with van der Waals surface area (Å²) in [6, 6.07) is 0. The van der Waals surface area contributed by atoms with Gasteiger partial charge in [0.15, 0.2) is 0 Å². The van der Waals surface area contributed by atoms with Crippen molar-refractivity contribution in [2.45, 2.75) is 53.7 Å². The first kappa shape index (κ1) is 18.9. The average molecular weight is 336 g/mol. The van der Waals surface area contributed by atoms with Crippen molar-refractivity contribution >= 4 is 5.91 Å². The van der Waals surface area contributed by atoms with E-state index in [-0.39, 0.29) is 12.0 Å². The second-order valence-corrected chi connectivity index (χ2v) is 7.43. The van der Waals surface area contributed by atoms with Crippen molar-refractivity contribution in [2.75, 3.05) is 32.7 Å². The molecule has 1 aliphatic heterocycles. The quantitative estimate of drug-likeness (QED) is 0.849. The van der Waals surface area contributed by atoms with Gasteiger partial charge in [-0.2, -0.15) is 5.10 Å². The number of aryl methyl sites for hydroxylation is 1. The summed E-state index contributed by atoms with van der Waals surface area (Å²) in [7, 11) is 0. The summed E-state index contributed by atoms with van der Waals surface area (Å²) in [5.41, 5.74) is 3.16. The van der Waals surface area contributed by atoms with Gasteiger partial charge in [-0.3, -0.25) is 14.4 Å². The molecule has 0 aromatic carbocycles. The minimum Gasteiger partial charge on any atom is -0.392 e. The number of rotatable bonds is 6. The molecule has 2 rings (SSSR count). The Balaban J connectivity index is 1.95. The fraction of sp³-hybridized carbons (Fsp3) is 0.778. The molecule has 0 aliphatic carbocycles. The maximum atomic E-state index is 12.7. The van der Waals surface area contributed by atoms with E-state index in [2.05, 4.69) is 30.8 Å². The topological polar surface area (TPSA) is 61.6 Å². The molecule has 1 saturated heterocycles. The number of carbonyl (C=O) groups excluding carboxylic acids is 1. The minimum atomic E-state index is -0.315. The smallest absolute Gasteiger partial charge is 0.227 e. The van der Waals surface area contributed by atoms with Crippen LogP contribution in [0.5, 0.6) is 0 Å². The van der Waals surface area contributed by atoms with Crippen molar-refractivity contribution in [3.8, 4) is 0 Å². The maximum Gasteiger partial charge on any atom is 0.227 e. The van der Waals surface area contributed by atoms with E-state index in [4.69, 9.17) is 0 Å². The Kier molecular flexibility index (Phi) is 6.40. The van der Waals surface area contributed by atoms with Crippen LogP contribution in [0.2, 0.25) is 0 Å². The summed E-state index contributed by atoms with van der Waals surface area (Å²) in [6.45, 7) is 14.9. The number of amides is 1. The molecule has 0 bridgehead atoms. The number of hydrogen-bond donors (Lipinski definition) is 1. The zero-order chi connectivity index (χ0) is 17.9. The highest BCUT2D eigenvalue weighted by molar-refractivity contribution is 5.79. The van der Waals surface area contributed by atoms with Crippen LogP contribution in [0.4, 0.5) is 0 Å². The summed E-state index contributed by atoms with van der Waals surface area (Å²) < 4.78 is 2.03. The van der Waals surface area contributed by atoms with Crippen LogP contribution in [0.1, 0.15) is 37.7 Å². The Morgan fingerprint density at radius 2 is 1.75 bits per heavy atom. The fourth-order valence-corrected chi connectivity index (χ4v) is 3.33. The lowest BCUT2D eigenvalue weighted by molar-refractivity contribution is -0.132. The average Bonchev–Trinajstić information content (AvgIpc) is 2.74. The molecule has 1 aromatic heterocycles. The monoisotopic (exact) mass is 336 g/mol. The number of carbonyl (C=O) groups is 1. The second kappa shape index (κ2) is 8.12. The van der Waals surface area contributed by atoms with E-state index in [0.29, 0.717) is 18.9 Å². The molecule has 0 unspecified atom stereocenters. The van der Waals surface area contributed by atoms with Crippen molar-refractivity contribution < 1.29 is 9.90 Å². The predicted molar refractivity (Wildman–Crippen MR) is 94.9 cm³/mol. The first-order valence-electron chi connectivity index (χ1n) is 8.99. The number of aliphatic hydroxyl groups is 1. The standard InChI is InChI=1S/C18H32N4O2/c1-13(2)11-22-16(5)17(15(4)19-22)10-18(24)21-8-6-20(7-9-21)12-14(3)23/h13-14,23H,6-12H2,1-5H3/t14-/m0/s1. The van der Waals surface area contributed by atoms with Gasteiger partial charge in [-0.1, -0.05) is 13.8 Å². The van der Waals surface area contributed by atoms with Gasteiger partial charge in [0.2, 0.25) is 5.91 Å². The van der Waals surface area contributed by atoms with Crippen LogP contribution in [0.3, 0.4) is 0 Å². The van der Waals surface area contributed by atoms with E-state index in [1.165, 1.54) is 0 Å². The molecule has 1 aliphatic rings. The van der Waals surface area contributed by atoms with E-state index < -0.39 is 0 Å². The summed E-state index contributed by atoms with van der Waals surface area (Å²) in [5.74, 6) is 0.718. The molecule has 0 radical (unpaired) electrons. The summed E-state index contributed by atoms with van der Waals surface area (Å²) in [5, 5.41) is 14.1. The van der Waals surface area contributed by atoms with Gasteiger partial charge in [-0.15, -0.1) is 0 Å². The molecular formula is C18H32N4O2. The zero-order valence-corrected chi connectivity index (χ0v) is 15.7. The highest BCUT2D eigenvalue weighted by atomic mass is 16.3. The van der Waals surface area contributed by atoms with Crippen LogP contribution in [0.15, 0.2) is 0 Å².